The Hall–Kier alpha value is -0.510. The van der Waals surface area contributed by atoms with E-state index in [0.717, 1.165) is 0 Å². The molecule has 1 saturated carbocycles. The van der Waals surface area contributed by atoms with Crippen molar-refractivity contribution in [3.05, 3.63) is 6.67 Å². The van der Waals surface area contributed by atoms with Crippen LogP contribution in [0.15, 0.2) is 10.4 Å². The fourth-order valence-corrected chi connectivity index (χ4v) is 0.854. The molecule has 1 aliphatic carbocycles. The lowest BCUT2D eigenvalue weighted by Gasteiger charge is -2.07. The van der Waals surface area contributed by atoms with Gasteiger partial charge in [0.15, 0.2) is 6.67 Å². The van der Waals surface area contributed by atoms with Gasteiger partial charge in [0, 0.05) is 11.8 Å². The number of hydrogen-bond donors (Lipinski definition) is 0. The second kappa shape index (κ2) is 1.73. The SMILES string of the molecule is ClN1[CH]N(C2CC2)N=N1. The van der Waals surface area contributed by atoms with Crippen molar-refractivity contribution in [2.75, 3.05) is 0 Å². The van der Waals surface area contributed by atoms with Crippen molar-refractivity contribution < 1.29 is 0 Å². The molecule has 9 heavy (non-hydrogen) atoms. The minimum atomic E-state index is 0.567. The van der Waals surface area contributed by atoms with Crippen molar-refractivity contribution in [1.29, 1.82) is 0 Å². The van der Waals surface area contributed by atoms with Gasteiger partial charge in [-0.2, -0.15) is 4.53 Å². The molecule has 2 rings (SSSR count). The molecule has 1 aliphatic heterocycles. The van der Waals surface area contributed by atoms with Gasteiger partial charge in [-0.3, -0.25) is 0 Å². The molecule has 0 aromatic carbocycles. The topological polar surface area (TPSA) is 31.2 Å². The van der Waals surface area contributed by atoms with E-state index in [1.54, 1.807) is 11.7 Å². The normalized spacial score (nSPS) is 25.9. The third-order valence-corrected chi connectivity index (χ3v) is 1.52. The lowest BCUT2D eigenvalue weighted by Crippen LogP contribution is -2.15. The quantitative estimate of drug-likeness (QED) is 0.521. The first-order valence-corrected chi connectivity index (χ1v) is 3.20. The maximum Gasteiger partial charge on any atom is 0.198 e. The van der Waals surface area contributed by atoms with Crippen molar-refractivity contribution in [3.63, 3.8) is 0 Å². The average Bonchev–Trinajstić information content (AvgIpc) is 2.58. The van der Waals surface area contributed by atoms with Gasteiger partial charge in [0.05, 0.1) is 6.04 Å². The summed E-state index contributed by atoms with van der Waals surface area (Å²) in [6.07, 6.45) is 2.42. The standard InChI is InChI=1S/C4H6ClN4/c5-9-3-8(6-7-9)4-1-2-4/h3-4H,1-2H2. The van der Waals surface area contributed by atoms with Gasteiger partial charge >= 0.3 is 0 Å². The van der Waals surface area contributed by atoms with E-state index in [1.165, 1.54) is 17.4 Å². The zero-order valence-electron chi connectivity index (χ0n) is 4.74. The van der Waals surface area contributed by atoms with Crippen LogP contribution in [0.5, 0.6) is 0 Å². The maximum absolute atomic E-state index is 5.45. The van der Waals surface area contributed by atoms with Crippen molar-refractivity contribution in [3.8, 4) is 0 Å². The minimum Gasteiger partial charge on any atom is -0.244 e. The monoisotopic (exact) mass is 145 g/mol. The van der Waals surface area contributed by atoms with E-state index in [-0.39, 0.29) is 0 Å². The molecule has 2 aliphatic rings. The molecule has 0 aromatic heterocycles. The highest BCUT2D eigenvalue weighted by molar-refractivity contribution is 6.13. The van der Waals surface area contributed by atoms with Crippen LogP contribution in [-0.2, 0) is 0 Å². The van der Waals surface area contributed by atoms with Crippen molar-refractivity contribution in [1.82, 2.24) is 9.54 Å². The van der Waals surface area contributed by atoms with Crippen molar-refractivity contribution >= 4 is 11.8 Å². The predicted octanol–water partition coefficient (Wildman–Crippen LogP) is 1.32. The molecule has 49 valence electrons. The summed E-state index contributed by atoms with van der Waals surface area (Å²) in [5.41, 5.74) is 0. The molecule has 0 unspecified atom stereocenters. The summed E-state index contributed by atoms with van der Waals surface area (Å²) in [5.74, 6) is 0. The highest BCUT2D eigenvalue weighted by atomic mass is 35.5. The van der Waals surface area contributed by atoms with Crippen molar-refractivity contribution in [2.45, 2.75) is 18.9 Å². The molecule has 1 heterocycles. The Bertz CT molecular complexity index is 144. The van der Waals surface area contributed by atoms with Crippen LogP contribution in [0.3, 0.4) is 0 Å². The first kappa shape index (κ1) is 5.29. The summed E-state index contributed by atoms with van der Waals surface area (Å²) >= 11 is 5.45. The van der Waals surface area contributed by atoms with Gasteiger partial charge in [-0.15, -0.1) is 0 Å². The van der Waals surface area contributed by atoms with Gasteiger partial charge in [0.2, 0.25) is 0 Å². The molecule has 5 heteroatoms. The van der Waals surface area contributed by atoms with Gasteiger partial charge in [0.25, 0.3) is 0 Å². The molecule has 0 aromatic rings. The van der Waals surface area contributed by atoms with Gasteiger partial charge < -0.3 is 0 Å². The molecule has 0 amide bonds. The average molecular weight is 146 g/mol. The lowest BCUT2D eigenvalue weighted by molar-refractivity contribution is 0.333. The first-order valence-electron chi connectivity index (χ1n) is 2.86. The van der Waals surface area contributed by atoms with E-state index in [2.05, 4.69) is 10.4 Å². The Kier molecular flexibility index (Phi) is 1.02. The third kappa shape index (κ3) is 0.941. The maximum atomic E-state index is 5.45. The van der Waals surface area contributed by atoms with Crippen LogP contribution in [0.25, 0.3) is 0 Å². The number of rotatable bonds is 1. The van der Waals surface area contributed by atoms with Crippen LogP contribution in [0, 0.1) is 6.67 Å². The van der Waals surface area contributed by atoms with E-state index < -0.39 is 0 Å². The van der Waals surface area contributed by atoms with Crippen LogP contribution < -0.4 is 0 Å². The zero-order valence-corrected chi connectivity index (χ0v) is 5.49. The second-order valence-electron chi connectivity index (χ2n) is 2.19. The van der Waals surface area contributed by atoms with Crippen LogP contribution in [-0.4, -0.2) is 15.6 Å². The second-order valence-corrected chi connectivity index (χ2v) is 2.54. The van der Waals surface area contributed by atoms with E-state index >= 15 is 0 Å². The Balaban J connectivity index is 1.94. The van der Waals surface area contributed by atoms with Crippen molar-refractivity contribution in [2.24, 2.45) is 10.4 Å². The van der Waals surface area contributed by atoms with E-state index in [0.29, 0.717) is 6.04 Å². The summed E-state index contributed by atoms with van der Waals surface area (Å²) in [6.45, 7) is 1.68. The summed E-state index contributed by atoms with van der Waals surface area (Å²) in [7, 11) is 0. The highest BCUT2D eigenvalue weighted by Crippen LogP contribution is 2.31. The molecule has 0 N–H and O–H groups in total. The van der Waals surface area contributed by atoms with Crippen LogP contribution in [0.1, 0.15) is 12.8 Å². The van der Waals surface area contributed by atoms with Gasteiger partial charge in [-0.25, -0.2) is 5.01 Å². The summed E-state index contributed by atoms with van der Waals surface area (Å²) < 4.78 is 1.19. The summed E-state index contributed by atoms with van der Waals surface area (Å²) in [6, 6.07) is 0.567. The third-order valence-electron chi connectivity index (χ3n) is 1.36. The Morgan fingerprint density at radius 1 is 1.44 bits per heavy atom. The molecular formula is C4H6ClN4. The molecule has 4 nitrogen and oxygen atoms in total. The predicted molar refractivity (Wildman–Crippen MR) is 31.7 cm³/mol. The fourth-order valence-electron chi connectivity index (χ4n) is 0.735. The van der Waals surface area contributed by atoms with Crippen LogP contribution in [0.2, 0.25) is 0 Å². The minimum absolute atomic E-state index is 0.567. The molecule has 0 bridgehead atoms. The van der Waals surface area contributed by atoms with Gasteiger partial charge in [-0.1, -0.05) is 0 Å². The van der Waals surface area contributed by atoms with E-state index in [1.807, 2.05) is 0 Å². The summed E-state index contributed by atoms with van der Waals surface area (Å²) in [5, 5.41) is 9.13. The molecule has 0 saturated heterocycles. The van der Waals surface area contributed by atoms with Gasteiger partial charge in [0.1, 0.15) is 0 Å². The van der Waals surface area contributed by atoms with Crippen LogP contribution >= 0.6 is 11.8 Å². The fraction of sp³-hybridized carbons (Fsp3) is 0.750. The van der Waals surface area contributed by atoms with E-state index in [4.69, 9.17) is 11.8 Å². The molecule has 0 atom stereocenters. The van der Waals surface area contributed by atoms with Crippen LogP contribution in [0.4, 0.5) is 0 Å². The lowest BCUT2D eigenvalue weighted by atomic mass is 10.7. The largest absolute Gasteiger partial charge is 0.244 e. The Labute approximate surface area is 58.1 Å². The zero-order chi connectivity index (χ0) is 6.27. The molecule has 0 spiro atoms. The Morgan fingerprint density at radius 3 is 2.67 bits per heavy atom. The molecular weight excluding hydrogens is 140 g/mol. The smallest absolute Gasteiger partial charge is 0.198 e. The first-order chi connectivity index (χ1) is 4.36. The number of halogens is 1. The summed E-state index contributed by atoms with van der Waals surface area (Å²) in [4.78, 5) is 0. The molecule has 1 fully saturated rings. The highest BCUT2D eigenvalue weighted by Gasteiger charge is 2.32. The molecule has 1 radical (unpaired) electrons. The van der Waals surface area contributed by atoms with Gasteiger partial charge in [-0.05, 0) is 23.3 Å². The number of nitrogens with zero attached hydrogens (tertiary/aromatic N) is 4. The van der Waals surface area contributed by atoms with E-state index in [9.17, 15) is 0 Å². The number of hydrogen-bond acceptors (Lipinski definition) is 4. The Morgan fingerprint density at radius 2 is 2.22 bits per heavy atom.